The van der Waals surface area contributed by atoms with Gasteiger partial charge in [0, 0.05) is 9.79 Å². The molecular weight excluding hydrogens is 412 g/mol. The minimum absolute atomic E-state index is 0.0923. The van der Waals surface area contributed by atoms with Crippen LogP contribution in [0.25, 0.3) is 0 Å². The second-order valence-electron chi connectivity index (χ2n) is 7.09. The first-order valence-electron chi connectivity index (χ1n) is 9.78. The molecule has 1 atom stereocenters. The molecule has 0 bridgehead atoms. The average Bonchev–Trinajstić information content (AvgIpc) is 2.78. The van der Waals surface area contributed by atoms with Crippen molar-refractivity contribution in [3.63, 3.8) is 0 Å². The molecular formula is C23H22N4O3S. The molecule has 7 nitrogen and oxygen atoms in total. The van der Waals surface area contributed by atoms with Crippen molar-refractivity contribution in [3.8, 4) is 5.75 Å². The average molecular weight is 435 g/mol. The van der Waals surface area contributed by atoms with Crippen LogP contribution in [-0.2, 0) is 16.0 Å². The Bertz CT molecular complexity index is 1060. The molecule has 0 spiro atoms. The molecule has 0 radical (unpaired) electrons. The van der Waals surface area contributed by atoms with Crippen LogP contribution in [0.2, 0.25) is 0 Å². The summed E-state index contributed by atoms with van der Waals surface area (Å²) in [6.45, 7) is -0.0923. The van der Waals surface area contributed by atoms with Crippen molar-refractivity contribution in [2.45, 2.75) is 22.3 Å². The molecule has 0 saturated heterocycles. The van der Waals surface area contributed by atoms with E-state index in [2.05, 4.69) is 10.9 Å². The number of hydrogen-bond acceptors (Lipinski definition) is 6. The topological polar surface area (TPSA) is 108 Å². The number of anilines is 2. The largest absolute Gasteiger partial charge is 0.508 e. The van der Waals surface area contributed by atoms with Crippen LogP contribution < -0.4 is 21.5 Å². The van der Waals surface area contributed by atoms with Gasteiger partial charge in [-0.05, 0) is 48.4 Å². The maximum absolute atomic E-state index is 13.0. The summed E-state index contributed by atoms with van der Waals surface area (Å²) in [6.07, 6.45) is 0.311. The first-order valence-corrected chi connectivity index (χ1v) is 10.6. The molecule has 8 heteroatoms. The molecule has 3 aromatic carbocycles. The Labute approximate surface area is 184 Å². The number of amides is 2. The van der Waals surface area contributed by atoms with Crippen molar-refractivity contribution in [3.05, 3.63) is 78.4 Å². The fourth-order valence-electron chi connectivity index (χ4n) is 3.33. The van der Waals surface area contributed by atoms with Crippen LogP contribution in [-0.4, -0.2) is 29.5 Å². The number of aromatic hydroxyl groups is 1. The van der Waals surface area contributed by atoms with Crippen molar-refractivity contribution >= 4 is 35.0 Å². The quantitative estimate of drug-likeness (QED) is 0.445. The number of nitrogens with zero attached hydrogens (tertiary/aromatic N) is 1. The number of phenolic OH excluding ortho intramolecular Hbond substituents is 1. The van der Waals surface area contributed by atoms with Crippen molar-refractivity contribution in [1.82, 2.24) is 10.9 Å². The predicted molar refractivity (Wildman–Crippen MR) is 120 cm³/mol. The van der Waals surface area contributed by atoms with E-state index in [4.69, 9.17) is 5.73 Å². The Hall–Kier alpha value is -3.33. The van der Waals surface area contributed by atoms with Crippen LogP contribution >= 0.6 is 11.8 Å². The van der Waals surface area contributed by atoms with Gasteiger partial charge in [-0.2, -0.15) is 0 Å². The minimum Gasteiger partial charge on any atom is -0.508 e. The highest BCUT2D eigenvalue weighted by atomic mass is 32.2. The van der Waals surface area contributed by atoms with Gasteiger partial charge in [0.15, 0.2) is 0 Å². The number of hydrazine groups is 1. The number of hydrogen-bond donors (Lipinski definition) is 4. The van der Waals surface area contributed by atoms with Crippen molar-refractivity contribution in [1.29, 1.82) is 0 Å². The van der Waals surface area contributed by atoms with E-state index >= 15 is 0 Å². The Morgan fingerprint density at radius 3 is 2.13 bits per heavy atom. The van der Waals surface area contributed by atoms with E-state index in [1.165, 1.54) is 0 Å². The fraction of sp³-hybridized carbons (Fsp3) is 0.130. The monoisotopic (exact) mass is 434 g/mol. The molecule has 31 heavy (non-hydrogen) atoms. The number of phenols is 1. The van der Waals surface area contributed by atoms with Gasteiger partial charge in [-0.25, -0.2) is 5.43 Å². The predicted octanol–water partition coefficient (Wildman–Crippen LogP) is 2.71. The van der Waals surface area contributed by atoms with Crippen LogP contribution in [0.15, 0.2) is 82.6 Å². The maximum Gasteiger partial charge on any atom is 0.251 e. The number of rotatable bonds is 6. The van der Waals surface area contributed by atoms with Crippen molar-refractivity contribution in [2.75, 3.05) is 11.4 Å². The van der Waals surface area contributed by atoms with Crippen LogP contribution in [0.3, 0.4) is 0 Å². The summed E-state index contributed by atoms with van der Waals surface area (Å²) in [5.74, 6) is -0.468. The highest BCUT2D eigenvalue weighted by Crippen LogP contribution is 2.47. The zero-order valence-corrected chi connectivity index (χ0v) is 17.4. The van der Waals surface area contributed by atoms with Gasteiger partial charge in [0.25, 0.3) is 5.91 Å². The molecule has 0 aliphatic carbocycles. The lowest BCUT2D eigenvalue weighted by molar-refractivity contribution is -0.123. The zero-order chi connectivity index (χ0) is 21.8. The Balaban J connectivity index is 1.38. The molecule has 1 aliphatic heterocycles. The third-order valence-corrected chi connectivity index (χ3v) is 5.99. The summed E-state index contributed by atoms with van der Waals surface area (Å²) in [4.78, 5) is 29.0. The Kier molecular flexibility index (Phi) is 6.22. The van der Waals surface area contributed by atoms with Gasteiger partial charge in [0.2, 0.25) is 5.91 Å². The Morgan fingerprint density at radius 2 is 1.52 bits per heavy atom. The third kappa shape index (κ3) is 4.72. The van der Waals surface area contributed by atoms with E-state index < -0.39 is 11.9 Å². The van der Waals surface area contributed by atoms with Crippen LogP contribution in [0, 0.1) is 0 Å². The SMILES string of the molecule is N[C@@H](Cc1ccc(O)cc1)C(=O)NNCC(=O)N1c2ccccc2Sc2ccccc21. The lowest BCUT2D eigenvalue weighted by atomic mass is 10.1. The van der Waals surface area contributed by atoms with Crippen LogP contribution in [0.1, 0.15) is 5.56 Å². The summed E-state index contributed by atoms with van der Waals surface area (Å²) >= 11 is 1.62. The molecule has 1 aliphatic rings. The maximum atomic E-state index is 13.0. The van der Waals surface area contributed by atoms with Crippen molar-refractivity contribution in [2.24, 2.45) is 5.73 Å². The summed E-state index contributed by atoms with van der Waals surface area (Å²) in [5, 5.41) is 9.34. The molecule has 1 heterocycles. The highest BCUT2D eigenvalue weighted by molar-refractivity contribution is 7.99. The molecule has 4 rings (SSSR count). The van der Waals surface area contributed by atoms with Gasteiger partial charge in [0.1, 0.15) is 5.75 Å². The zero-order valence-electron chi connectivity index (χ0n) is 16.6. The fourth-order valence-corrected chi connectivity index (χ4v) is 4.39. The number of carbonyl (C=O) groups excluding carboxylic acids is 2. The molecule has 3 aromatic rings. The highest BCUT2D eigenvalue weighted by Gasteiger charge is 2.27. The first-order chi connectivity index (χ1) is 15.0. The summed E-state index contributed by atoms with van der Waals surface area (Å²) in [5.41, 5.74) is 13.6. The van der Waals surface area contributed by atoms with Gasteiger partial charge in [0.05, 0.1) is 24.0 Å². The second-order valence-corrected chi connectivity index (χ2v) is 8.17. The number of para-hydroxylation sites is 2. The number of fused-ring (bicyclic) bond motifs is 2. The van der Waals surface area contributed by atoms with Gasteiger partial charge >= 0.3 is 0 Å². The molecule has 2 amide bonds. The van der Waals surface area contributed by atoms with Gasteiger partial charge in [-0.1, -0.05) is 48.2 Å². The van der Waals surface area contributed by atoms with E-state index in [1.807, 2.05) is 48.5 Å². The lowest BCUT2D eigenvalue weighted by Gasteiger charge is -2.31. The van der Waals surface area contributed by atoms with Crippen molar-refractivity contribution < 1.29 is 14.7 Å². The van der Waals surface area contributed by atoms with Gasteiger partial charge in [-0.3, -0.25) is 19.9 Å². The molecule has 5 N–H and O–H groups in total. The normalized spacial score (nSPS) is 13.1. The third-order valence-electron chi connectivity index (χ3n) is 4.86. The van der Waals surface area contributed by atoms with Crippen LogP contribution in [0.5, 0.6) is 5.75 Å². The summed E-state index contributed by atoms with van der Waals surface area (Å²) < 4.78 is 0. The summed E-state index contributed by atoms with van der Waals surface area (Å²) in [6, 6.07) is 21.2. The standard InChI is InChI=1S/C23H22N4O3S/c24-17(13-15-9-11-16(28)12-10-15)23(30)26-25-14-22(29)27-18-5-1-3-7-20(18)31-21-8-4-2-6-19(21)27/h1-12,17,25,28H,13-14,24H2,(H,26,30)/t17-/m0/s1. The number of nitrogens with one attached hydrogen (secondary N) is 2. The van der Waals surface area contributed by atoms with E-state index in [0.29, 0.717) is 6.42 Å². The molecule has 0 unspecified atom stereocenters. The number of carbonyl (C=O) groups is 2. The number of benzene rings is 3. The van der Waals surface area contributed by atoms with E-state index in [1.54, 1.807) is 40.9 Å². The minimum atomic E-state index is -0.792. The van der Waals surface area contributed by atoms with E-state index in [9.17, 15) is 14.7 Å². The van der Waals surface area contributed by atoms with Crippen LogP contribution in [0.4, 0.5) is 11.4 Å². The van der Waals surface area contributed by atoms with Gasteiger partial charge < -0.3 is 10.8 Å². The van der Waals surface area contributed by atoms with E-state index in [0.717, 1.165) is 26.7 Å². The van der Waals surface area contributed by atoms with E-state index in [-0.39, 0.29) is 18.2 Å². The summed E-state index contributed by atoms with van der Waals surface area (Å²) in [7, 11) is 0. The number of nitrogens with two attached hydrogens (primary N) is 1. The second kappa shape index (κ2) is 9.22. The Morgan fingerprint density at radius 1 is 0.935 bits per heavy atom. The first kappa shape index (κ1) is 20.9. The lowest BCUT2D eigenvalue weighted by Crippen LogP contribution is -2.50. The smallest absolute Gasteiger partial charge is 0.251 e. The molecule has 158 valence electrons. The molecule has 0 fully saturated rings. The molecule has 0 aromatic heterocycles. The molecule has 0 saturated carbocycles. The van der Waals surface area contributed by atoms with Gasteiger partial charge in [-0.15, -0.1) is 0 Å².